The van der Waals surface area contributed by atoms with Crippen LogP contribution in [0, 0.1) is 0 Å². The largest absolute Gasteiger partial charge is 0.487 e. The Morgan fingerprint density at radius 3 is 2.94 bits per heavy atom. The molecule has 4 nitrogen and oxygen atoms in total. The van der Waals surface area contributed by atoms with Crippen LogP contribution < -0.4 is 10.5 Å². The van der Waals surface area contributed by atoms with Crippen molar-refractivity contribution in [3.05, 3.63) is 41.1 Å². The van der Waals surface area contributed by atoms with E-state index in [4.69, 9.17) is 26.8 Å². The Morgan fingerprint density at radius 1 is 1.53 bits per heavy atom. The lowest BCUT2D eigenvalue weighted by Crippen LogP contribution is -2.12. The number of hydrogen-bond acceptors (Lipinski definition) is 4. The van der Waals surface area contributed by atoms with Crippen LogP contribution in [0.25, 0.3) is 0 Å². The zero-order chi connectivity index (χ0) is 12.7. The fourth-order valence-electron chi connectivity index (χ4n) is 1.10. The summed E-state index contributed by atoms with van der Waals surface area (Å²) in [5.41, 5.74) is 5.89. The second-order valence-corrected chi connectivity index (χ2v) is 3.65. The van der Waals surface area contributed by atoms with E-state index in [1.54, 1.807) is 31.2 Å². The third-order valence-electron chi connectivity index (χ3n) is 1.79. The molecule has 2 N–H and O–H groups in total. The summed E-state index contributed by atoms with van der Waals surface area (Å²) in [5.74, 6) is 0.123. The Labute approximate surface area is 105 Å². The van der Waals surface area contributed by atoms with Gasteiger partial charge < -0.3 is 15.2 Å². The number of halogens is 1. The van der Waals surface area contributed by atoms with E-state index in [0.717, 1.165) is 0 Å². The molecule has 0 bridgehead atoms. The predicted molar refractivity (Wildman–Crippen MR) is 65.9 cm³/mol. The normalized spacial score (nSPS) is 11.1. The minimum Gasteiger partial charge on any atom is -0.487 e. The molecule has 0 unspecified atom stereocenters. The molecule has 0 saturated carbocycles. The van der Waals surface area contributed by atoms with E-state index in [2.05, 4.69) is 0 Å². The van der Waals surface area contributed by atoms with Crippen molar-refractivity contribution in [2.75, 3.05) is 13.2 Å². The molecule has 0 aromatic heterocycles. The smallest absolute Gasteiger partial charge is 0.332 e. The van der Waals surface area contributed by atoms with Crippen molar-refractivity contribution in [1.82, 2.24) is 0 Å². The molecule has 0 aliphatic rings. The molecule has 0 heterocycles. The van der Waals surface area contributed by atoms with Gasteiger partial charge in [0.15, 0.2) is 0 Å². The van der Waals surface area contributed by atoms with E-state index in [1.165, 1.54) is 6.08 Å². The van der Waals surface area contributed by atoms with E-state index >= 15 is 0 Å². The van der Waals surface area contributed by atoms with Crippen LogP contribution in [0.3, 0.4) is 0 Å². The van der Waals surface area contributed by atoms with E-state index in [1.807, 2.05) is 0 Å². The third kappa shape index (κ3) is 5.26. The van der Waals surface area contributed by atoms with Gasteiger partial charge in [-0.1, -0.05) is 17.7 Å². The maximum atomic E-state index is 11.1. The first-order valence-corrected chi connectivity index (χ1v) is 5.50. The molecule has 0 fully saturated rings. The summed E-state index contributed by atoms with van der Waals surface area (Å²) < 4.78 is 10.1. The van der Waals surface area contributed by atoms with Gasteiger partial charge in [-0.05, 0) is 25.1 Å². The molecule has 1 aromatic rings. The maximum Gasteiger partial charge on any atom is 0.332 e. The van der Waals surface area contributed by atoms with Gasteiger partial charge in [0.25, 0.3) is 0 Å². The van der Waals surface area contributed by atoms with Gasteiger partial charge in [0, 0.05) is 11.1 Å². The monoisotopic (exact) mass is 255 g/mol. The third-order valence-corrected chi connectivity index (χ3v) is 2.03. The maximum absolute atomic E-state index is 11.1. The van der Waals surface area contributed by atoms with Crippen molar-refractivity contribution in [3.8, 4) is 5.75 Å². The lowest BCUT2D eigenvalue weighted by molar-refractivity contribution is -0.137. The first-order chi connectivity index (χ1) is 8.11. The standard InChI is InChI=1S/C12H14ClNO3/c1-2-16-12(15)7-10(14)8-17-11-5-3-4-9(13)6-11/h3-7H,2,8,14H2,1H3/b10-7-. The molecular weight excluding hydrogens is 242 g/mol. The molecule has 0 aliphatic heterocycles. The van der Waals surface area contributed by atoms with Crippen LogP contribution in [0.2, 0.25) is 5.02 Å². The average molecular weight is 256 g/mol. The second kappa shape index (κ2) is 6.81. The summed E-state index contributed by atoms with van der Waals surface area (Å²) in [4.78, 5) is 11.1. The highest BCUT2D eigenvalue weighted by molar-refractivity contribution is 6.30. The van der Waals surface area contributed by atoms with Gasteiger partial charge in [0.1, 0.15) is 12.4 Å². The Hall–Kier alpha value is -1.68. The number of carbonyl (C=O) groups is 1. The van der Waals surface area contributed by atoms with Crippen LogP contribution in [-0.2, 0) is 9.53 Å². The summed E-state index contributed by atoms with van der Waals surface area (Å²) in [6.07, 6.45) is 1.20. The fourth-order valence-corrected chi connectivity index (χ4v) is 1.28. The molecule has 0 amide bonds. The van der Waals surface area contributed by atoms with Crippen LogP contribution in [-0.4, -0.2) is 19.2 Å². The van der Waals surface area contributed by atoms with Crippen LogP contribution >= 0.6 is 11.6 Å². The summed E-state index contributed by atoms with van der Waals surface area (Å²) in [6.45, 7) is 2.15. The molecular formula is C12H14ClNO3. The predicted octanol–water partition coefficient (Wildman–Crippen LogP) is 2.12. The van der Waals surface area contributed by atoms with Gasteiger partial charge >= 0.3 is 5.97 Å². The van der Waals surface area contributed by atoms with Crippen LogP contribution in [0.4, 0.5) is 0 Å². The summed E-state index contributed by atoms with van der Waals surface area (Å²) in [7, 11) is 0. The fraction of sp³-hybridized carbons (Fsp3) is 0.250. The van der Waals surface area contributed by atoms with Gasteiger partial charge in [-0.3, -0.25) is 0 Å². The lowest BCUT2D eigenvalue weighted by atomic mass is 10.3. The molecule has 0 radical (unpaired) electrons. The quantitative estimate of drug-likeness (QED) is 0.647. The van der Waals surface area contributed by atoms with Crippen LogP contribution in [0.1, 0.15) is 6.92 Å². The number of carbonyl (C=O) groups excluding carboxylic acids is 1. The molecule has 0 aliphatic carbocycles. The Morgan fingerprint density at radius 2 is 2.29 bits per heavy atom. The van der Waals surface area contributed by atoms with E-state index < -0.39 is 5.97 Å². The van der Waals surface area contributed by atoms with E-state index in [0.29, 0.717) is 23.1 Å². The minimum atomic E-state index is -0.473. The molecule has 5 heteroatoms. The Balaban J connectivity index is 2.48. The number of rotatable bonds is 5. The van der Waals surface area contributed by atoms with Crippen molar-refractivity contribution in [3.63, 3.8) is 0 Å². The van der Waals surface area contributed by atoms with Crippen molar-refractivity contribution in [2.24, 2.45) is 5.73 Å². The highest BCUT2D eigenvalue weighted by Crippen LogP contribution is 2.17. The lowest BCUT2D eigenvalue weighted by Gasteiger charge is -2.06. The number of nitrogens with two attached hydrogens (primary N) is 1. The molecule has 1 rings (SSSR count). The molecule has 92 valence electrons. The topological polar surface area (TPSA) is 61.5 Å². The van der Waals surface area contributed by atoms with Crippen LogP contribution in [0.15, 0.2) is 36.0 Å². The highest BCUT2D eigenvalue weighted by atomic mass is 35.5. The van der Waals surface area contributed by atoms with Crippen molar-refractivity contribution in [1.29, 1.82) is 0 Å². The van der Waals surface area contributed by atoms with E-state index in [9.17, 15) is 4.79 Å². The Bertz CT molecular complexity index is 418. The summed E-state index contributed by atoms with van der Waals surface area (Å²) in [6, 6.07) is 6.93. The molecule has 17 heavy (non-hydrogen) atoms. The summed E-state index contributed by atoms with van der Waals surface area (Å²) in [5, 5.41) is 0.579. The second-order valence-electron chi connectivity index (χ2n) is 3.22. The van der Waals surface area contributed by atoms with Gasteiger partial charge in [0.2, 0.25) is 0 Å². The first kappa shape index (κ1) is 13.4. The molecule has 0 saturated heterocycles. The first-order valence-electron chi connectivity index (χ1n) is 5.13. The van der Waals surface area contributed by atoms with Crippen LogP contribution in [0.5, 0.6) is 5.75 Å². The summed E-state index contributed by atoms with van der Waals surface area (Å²) >= 11 is 5.79. The molecule has 1 aromatic carbocycles. The number of esters is 1. The number of ether oxygens (including phenoxy) is 2. The van der Waals surface area contributed by atoms with Crippen molar-refractivity contribution in [2.45, 2.75) is 6.92 Å². The van der Waals surface area contributed by atoms with Crippen molar-refractivity contribution >= 4 is 17.6 Å². The van der Waals surface area contributed by atoms with Gasteiger partial charge in [-0.2, -0.15) is 0 Å². The number of hydrogen-bond donors (Lipinski definition) is 1. The SMILES string of the molecule is CCOC(=O)/C=C(\N)COc1cccc(Cl)c1. The van der Waals surface area contributed by atoms with Crippen molar-refractivity contribution < 1.29 is 14.3 Å². The number of benzene rings is 1. The van der Waals surface area contributed by atoms with Gasteiger partial charge in [-0.15, -0.1) is 0 Å². The average Bonchev–Trinajstić information content (AvgIpc) is 2.27. The minimum absolute atomic E-state index is 0.110. The zero-order valence-electron chi connectivity index (χ0n) is 9.48. The zero-order valence-corrected chi connectivity index (χ0v) is 10.2. The molecule has 0 spiro atoms. The van der Waals surface area contributed by atoms with Gasteiger partial charge in [0.05, 0.1) is 12.3 Å². The van der Waals surface area contributed by atoms with Gasteiger partial charge in [-0.25, -0.2) is 4.79 Å². The molecule has 0 atom stereocenters. The Kier molecular flexibility index (Phi) is 5.36. The highest BCUT2D eigenvalue weighted by Gasteiger charge is 2.00. The van der Waals surface area contributed by atoms with E-state index in [-0.39, 0.29) is 6.61 Å².